The van der Waals surface area contributed by atoms with E-state index in [4.69, 9.17) is 9.84 Å². The zero-order chi connectivity index (χ0) is 31.4. The SMILES string of the molecule is C=C(/C=C(\C=NC)OCCO)CNc1cc(-c2cccc(-n3ccc4cc(C5CC5)cc(F)c4c3=O)c2CO)cn(C)c1=O. The highest BCUT2D eigenvalue weighted by Gasteiger charge is 2.25. The zero-order valence-corrected chi connectivity index (χ0v) is 24.7. The van der Waals surface area contributed by atoms with Crippen molar-refractivity contribution in [3.8, 4) is 16.8 Å². The topological polar surface area (TPSA) is 118 Å². The number of hydrogen-bond donors (Lipinski definition) is 3. The van der Waals surface area contributed by atoms with Crippen LogP contribution in [0.25, 0.3) is 27.6 Å². The molecular weight excluding hydrogens is 563 g/mol. The number of aliphatic hydroxyl groups is 2. The number of aryl methyl sites for hydroxylation is 1. The first-order valence-corrected chi connectivity index (χ1v) is 14.3. The van der Waals surface area contributed by atoms with Crippen LogP contribution in [0.15, 0.2) is 93.4 Å². The minimum absolute atomic E-state index is 0.00388. The van der Waals surface area contributed by atoms with Crippen LogP contribution in [0.2, 0.25) is 0 Å². The molecule has 10 heteroatoms. The predicted molar refractivity (Wildman–Crippen MR) is 171 cm³/mol. The van der Waals surface area contributed by atoms with E-state index in [2.05, 4.69) is 16.9 Å². The number of halogens is 1. The van der Waals surface area contributed by atoms with Gasteiger partial charge >= 0.3 is 0 Å². The summed E-state index contributed by atoms with van der Waals surface area (Å²) in [6.07, 6.45) is 8.48. The highest BCUT2D eigenvalue weighted by atomic mass is 19.1. The van der Waals surface area contributed by atoms with E-state index in [1.807, 2.05) is 6.07 Å². The second kappa shape index (κ2) is 13.2. The van der Waals surface area contributed by atoms with Gasteiger partial charge in [-0.15, -0.1) is 0 Å². The number of nitrogens with zero attached hydrogens (tertiary/aromatic N) is 3. The summed E-state index contributed by atoms with van der Waals surface area (Å²) in [6.45, 7) is 3.79. The van der Waals surface area contributed by atoms with Gasteiger partial charge in [0.1, 0.15) is 23.9 Å². The van der Waals surface area contributed by atoms with Crippen molar-refractivity contribution in [2.75, 3.05) is 32.1 Å². The van der Waals surface area contributed by atoms with Crippen molar-refractivity contribution in [3.63, 3.8) is 0 Å². The summed E-state index contributed by atoms with van der Waals surface area (Å²) in [7, 11) is 3.22. The predicted octanol–water partition coefficient (Wildman–Crippen LogP) is 4.43. The number of aliphatic imine (C=N–C) groups is 1. The second-order valence-electron chi connectivity index (χ2n) is 10.8. The van der Waals surface area contributed by atoms with Crippen LogP contribution in [-0.4, -0.2) is 52.4 Å². The quantitative estimate of drug-likeness (QED) is 0.126. The summed E-state index contributed by atoms with van der Waals surface area (Å²) in [5.74, 6) is 0.222. The first-order chi connectivity index (χ1) is 21.2. The molecule has 5 rings (SSSR count). The molecule has 0 spiro atoms. The molecule has 0 saturated heterocycles. The molecule has 1 fully saturated rings. The van der Waals surface area contributed by atoms with Gasteiger partial charge in [0.15, 0.2) is 0 Å². The van der Waals surface area contributed by atoms with Crippen molar-refractivity contribution < 1.29 is 19.3 Å². The number of rotatable bonds is 12. The lowest BCUT2D eigenvalue weighted by Gasteiger charge is -2.17. The number of allylic oxidation sites excluding steroid dienone is 1. The van der Waals surface area contributed by atoms with Gasteiger partial charge in [0.2, 0.25) is 0 Å². The maximum Gasteiger partial charge on any atom is 0.273 e. The van der Waals surface area contributed by atoms with Crippen molar-refractivity contribution >= 4 is 22.7 Å². The van der Waals surface area contributed by atoms with Crippen molar-refractivity contribution in [1.82, 2.24) is 9.13 Å². The average molecular weight is 599 g/mol. The van der Waals surface area contributed by atoms with Crippen LogP contribution in [0, 0.1) is 5.82 Å². The van der Waals surface area contributed by atoms with E-state index in [1.165, 1.54) is 21.4 Å². The van der Waals surface area contributed by atoms with E-state index < -0.39 is 18.0 Å². The van der Waals surface area contributed by atoms with Gasteiger partial charge < -0.3 is 24.8 Å². The molecule has 1 aliphatic carbocycles. The fraction of sp³-hybridized carbons (Fsp3) is 0.265. The Morgan fingerprint density at radius 1 is 1.18 bits per heavy atom. The molecule has 44 heavy (non-hydrogen) atoms. The van der Waals surface area contributed by atoms with Gasteiger partial charge in [-0.25, -0.2) is 4.39 Å². The van der Waals surface area contributed by atoms with Gasteiger partial charge in [-0.3, -0.25) is 19.1 Å². The Morgan fingerprint density at radius 2 is 1.98 bits per heavy atom. The van der Waals surface area contributed by atoms with Crippen molar-refractivity contribution in [2.24, 2.45) is 12.0 Å². The molecule has 1 aliphatic rings. The summed E-state index contributed by atoms with van der Waals surface area (Å²) >= 11 is 0. The largest absolute Gasteiger partial charge is 0.490 e. The van der Waals surface area contributed by atoms with Gasteiger partial charge in [-0.05, 0) is 71.2 Å². The fourth-order valence-electron chi connectivity index (χ4n) is 5.28. The molecular formula is C34H35FN4O5. The van der Waals surface area contributed by atoms with Crippen LogP contribution in [-0.2, 0) is 18.4 Å². The van der Waals surface area contributed by atoms with Crippen LogP contribution in [0.4, 0.5) is 10.1 Å². The molecule has 0 radical (unpaired) electrons. The summed E-state index contributed by atoms with van der Waals surface area (Å²) in [5, 5.41) is 23.2. The van der Waals surface area contributed by atoms with Gasteiger partial charge in [-0.1, -0.05) is 24.8 Å². The smallest absolute Gasteiger partial charge is 0.273 e. The number of pyridine rings is 2. The lowest BCUT2D eigenvalue weighted by atomic mass is 9.98. The van der Waals surface area contributed by atoms with E-state index in [1.54, 1.807) is 62.9 Å². The van der Waals surface area contributed by atoms with Gasteiger partial charge in [-0.2, -0.15) is 0 Å². The number of ether oxygens (including phenoxy) is 1. The van der Waals surface area contributed by atoms with Crippen LogP contribution in [0.5, 0.6) is 0 Å². The van der Waals surface area contributed by atoms with Crippen molar-refractivity contribution in [1.29, 1.82) is 0 Å². The van der Waals surface area contributed by atoms with Gasteiger partial charge in [0.05, 0.1) is 30.5 Å². The highest BCUT2D eigenvalue weighted by Crippen LogP contribution is 2.41. The Bertz CT molecular complexity index is 1900. The molecule has 0 atom stereocenters. The minimum Gasteiger partial charge on any atom is -0.490 e. The van der Waals surface area contributed by atoms with E-state index in [0.29, 0.717) is 50.7 Å². The maximum absolute atomic E-state index is 15.2. The highest BCUT2D eigenvalue weighted by molar-refractivity contribution is 5.84. The van der Waals surface area contributed by atoms with Crippen LogP contribution in [0.1, 0.15) is 29.9 Å². The monoisotopic (exact) mass is 598 g/mol. The maximum atomic E-state index is 15.2. The average Bonchev–Trinajstić information content (AvgIpc) is 3.86. The molecule has 2 aromatic heterocycles. The number of anilines is 1. The Kier molecular flexibility index (Phi) is 9.22. The van der Waals surface area contributed by atoms with E-state index in [-0.39, 0.29) is 30.7 Å². The normalized spacial score (nSPS) is 13.5. The first kappa shape index (κ1) is 30.7. The Hall–Kier alpha value is -4.80. The van der Waals surface area contributed by atoms with E-state index in [0.717, 1.165) is 18.4 Å². The fourth-order valence-corrected chi connectivity index (χ4v) is 5.28. The molecule has 2 heterocycles. The molecule has 0 aliphatic heterocycles. The Morgan fingerprint density at radius 3 is 2.68 bits per heavy atom. The minimum atomic E-state index is -0.551. The van der Waals surface area contributed by atoms with Crippen LogP contribution >= 0.6 is 0 Å². The molecule has 228 valence electrons. The number of nitrogens with one attached hydrogen (secondary N) is 1. The first-order valence-electron chi connectivity index (χ1n) is 14.3. The summed E-state index contributed by atoms with van der Waals surface area (Å²) in [5.41, 5.74) is 3.13. The molecule has 2 aromatic carbocycles. The second-order valence-corrected chi connectivity index (χ2v) is 10.8. The third kappa shape index (κ3) is 6.41. The third-order valence-electron chi connectivity index (χ3n) is 7.56. The number of benzene rings is 2. The molecule has 3 N–H and O–H groups in total. The van der Waals surface area contributed by atoms with Gasteiger partial charge in [0, 0.05) is 44.2 Å². The van der Waals surface area contributed by atoms with E-state index in [9.17, 15) is 14.7 Å². The number of hydrogen-bond acceptors (Lipinski definition) is 7. The molecule has 0 amide bonds. The standard InChI is InChI=1S/C34H35FN4O5/c1-21(13-26(18-36-2)44-12-11-40)17-37-30-16-25(19-38(3)33(30)42)27-5-4-6-31(28(27)20-41)39-10-9-23-14-24(22-7-8-22)15-29(35)32(23)34(39)43/h4-6,9-10,13-16,18-19,22,37,40-41H,1,7-8,11-12,17,20H2,2-3H3/b26-13+,36-18?. The zero-order valence-electron chi connectivity index (χ0n) is 24.7. The summed E-state index contributed by atoms with van der Waals surface area (Å²) in [6, 6.07) is 12.0. The lowest BCUT2D eigenvalue weighted by Crippen LogP contribution is -2.22. The number of aliphatic hydroxyl groups excluding tert-OH is 2. The summed E-state index contributed by atoms with van der Waals surface area (Å²) in [4.78, 5) is 30.5. The molecule has 1 saturated carbocycles. The van der Waals surface area contributed by atoms with Crippen molar-refractivity contribution in [3.05, 3.63) is 116 Å². The van der Waals surface area contributed by atoms with Crippen molar-refractivity contribution in [2.45, 2.75) is 25.4 Å². The van der Waals surface area contributed by atoms with Crippen LogP contribution < -0.4 is 16.4 Å². The molecule has 9 nitrogen and oxygen atoms in total. The van der Waals surface area contributed by atoms with Crippen LogP contribution in [0.3, 0.4) is 0 Å². The molecule has 0 bridgehead atoms. The molecule has 4 aromatic rings. The van der Waals surface area contributed by atoms with Gasteiger partial charge in [0.25, 0.3) is 11.1 Å². The third-order valence-corrected chi connectivity index (χ3v) is 7.56. The summed E-state index contributed by atoms with van der Waals surface area (Å²) < 4.78 is 23.4. The Labute approximate surface area is 253 Å². The molecule has 0 unspecified atom stereocenters. The number of fused-ring (bicyclic) bond motifs is 1. The van der Waals surface area contributed by atoms with E-state index >= 15 is 4.39 Å². The Balaban J connectivity index is 1.50. The number of aromatic nitrogens is 2. The lowest BCUT2D eigenvalue weighted by molar-refractivity contribution is 0.156.